The summed E-state index contributed by atoms with van der Waals surface area (Å²) < 4.78 is 1.55. The van der Waals surface area contributed by atoms with Crippen molar-refractivity contribution in [2.45, 2.75) is 13.0 Å². The topological polar surface area (TPSA) is 80.1 Å². The number of anilines is 1. The summed E-state index contributed by atoms with van der Waals surface area (Å²) in [6.45, 7) is 0.892. The van der Waals surface area contributed by atoms with Crippen LogP contribution in [0.4, 0.5) is 5.69 Å². The molecule has 7 nitrogen and oxygen atoms in total. The number of nitrogens with one attached hydrogen (secondary N) is 1. The summed E-state index contributed by atoms with van der Waals surface area (Å²) in [5.41, 5.74) is 2.22. The molecule has 28 heavy (non-hydrogen) atoms. The average molecular weight is 396 g/mol. The smallest absolute Gasteiger partial charge is 0.229 e. The van der Waals surface area contributed by atoms with Crippen LogP contribution in [-0.4, -0.2) is 38.0 Å². The Morgan fingerprint density at radius 2 is 2.04 bits per heavy atom. The van der Waals surface area contributed by atoms with Gasteiger partial charge in [-0.1, -0.05) is 41.9 Å². The van der Waals surface area contributed by atoms with E-state index in [-0.39, 0.29) is 18.2 Å². The van der Waals surface area contributed by atoms with Crippen molar-refractivity contribution in [3.63, 3.8) is 0 Å². The van der Waals surface area contributed by atoms with E-state index in [0.717, 1.165) is 5.56 Å². The molecule has 8 heteroatoms. The van der Waals surface area contributed by atoms with E-state index in [1.54, 1.807) is 34.1 Å². The van der Waals surface area contributed by atoms with E-state index in [2.05, 4.69) is 15.4 Å². The molecular weight excluding hydrogens is 378 g/mol. The van der Waals surface area contributed by atoms with Crippen LogP contribution in [-0.2, 0) is 16.1 Å². The molecule has 2 amide bonds. The molecule has 1 fully saturated rings. The van der Waals surface area contributed by atoms with Crippen LogP contribution in [0, 0.1) is 5.92 Å². The van der Waals surface area contributed by atoms with Gasteiger partial charge in [0.05, 0.1) is 17.3 Å². The van der Waals surface area contributed by atoms with Gasteiger partial charge in [0.1, 0.15) is 12.7 Å². The third kappa shape index (κ3) is 3.89. The molecule has 0 saturated carbocycles. The van der Waals surface area contributed by atoms with Crippen molar-refractivity contribution in [1.82, 2.24) is 19.7 Å². The van der Waals surface area contributed by atoms with Crippen molar-refractivity contribution < 1.29 is 9.59 Å². The van der Waals surface area contributed by atoms with Crippen molar-refractivity contribution >= 4 is 29.1 Å². The molecule has 1 N–H and O–H groups in total. The average Bonchev–Trinajstić information content (AvgIpc) is 3.33. The lowest BCUT2D eigenvalue weighted by Gasteiger charge is -2.17. The molecule has 1 aromatic heterocycles. The molecule has 1 aliphatic rings. The number of likely N-dealkylation sites (tertiary alicyclic amines) is 1. The van der Waals surface area contributed by atoms with Crippen molar-refractivity contribution in [1.29, 1.82) is 0 Å². The quantitative estimate of drug-likeness (QED) is 0.720. The minimum atomic E-state index is -0.418. The standard InChI is InChI=1S/C20H18ClN5O2/c21-16-6-7-18(26-13-22-12-23-26)17(9-16)24-20(28)15-8-19(27)25(11-15)10-14-4-2-1-3-5-14/h1-7,9,12-13,15H,8,10-11H2,(H,24,28)/t15-/m1/s1. The van der Waals surface area contributed by atoms with Gasteiger partial charge in [-0.25, -0.2) is 9.67 Å². The van der Waals surface area contributed by atoms with Crippen LogP contribution in [0.3, 0.4) is 0 Å². The van der Waals surface area contributed by atoms with Crippen molar-refractivity contribution in [3.05, 3.63) is 71.8 Å². The van der Waals surface area contributed by atoms with Crippen molar-refractivity contribution in [3.8, 4) is 5.69 Å². The molecule has 2 heterocycles. The van der Waals surface area contributed by atoms with Gasteiger partial charge in [0, 0.05) is 24.5 Å². The monoisotopic (exact) mass is 395 g/mol. The first-order valence-corrected chi connectivity index (χ1v) is 9.25. The van der Waals surface area contributed by atoms with Gasteiger partial charge in [0.25, 0.3) is 0 Å². The molecule has 0 unspecified atom stereocenters. The van der Waals surface area contributed by atoms with Gasteiger partial charge in [-0.3, -0.25) is 9.59 Å². The zero-order chi connectivity index (χ0) is 19.5. The molecule has 1 atom stereocenters. The Morgan fingerprint density at radius 1 is 1.21 bits per heavy atom. The first-order chi connectivity index (χ1) is 13.6. The summed E-state index contributed by atoms with van der Waals surface area (Å²) >= 11 is 6.10. The minimum absolute atomic E-state index is 0.0217. The molecule has 4 rings (SSSR count). The molecule has 1 saturated heterocycles. The van der Waals surface area contributed by atoms with Crippen molar-refractivity contribution in [2.24, 2.45) is 5.92 Å². The van der Waals surface area contributed by atoms with Gasteiger partial charge in [0.2, 0.25) is 11.8 Å². The Bertz CT molecular complexity index is 991. The van der Waals surface area contributed by atoms with Gasteiger partial charge in [-0.05, 0) is 23.8 Å². The number of rotatable bonds is 5. The van der Waals surface area contributed by atoms with Crippen LogP contribution in [0.15, 0.2) is 61.2 Å². The number of hydrogen-bond acceptors (Lipinski definition) is 4. The van der Waals surface area contributed by atoms with Crippen LogP contribution in [0.2, 0.25) is 5.02 Å². The molecular formula is C20H18ClN5O2. The predicted molar refractivity (Wildman–Crippen MR) is 105 cm³/mol. The molecule has 0 aliphatic carbocycles. The molecule has 1 aliphatic heterocycles. The zero-order valence-corrected chi connectivity index (χ0v) is 15.7. The van der Waals surface area contributed by atoms with E-state index >= 15 is 0 Å². The highest BCUT2D eigenvalue weighted by Crippen LogP contribution is 2.27. The maximum absolute atomic E-state index is 12.8. The number of amides is 2. The van der Waals surface area contributed by atoms with Gasteiger partial charge < -0.3 is 10.2 Å². The second kappa shape index (κ2) is 7.82. The lowest BCUT2D eigenvalue weighted by molar-refractivity contribution is -0.128. The third-order valence-corrected chi connectivity index (χ3v) is 4.92. The zero-order valence-electron chi connectivity index (χ0n) is 15.0. The molecule has 2 aromatic carbocycles. The van der Waals surface area contributed by atoms with E-state index in [0.29, 0.717) is 29.5 Å². The number of aromatic nitrogens is 3. The van der Waals surface area contributed by atoms with Gasteiger partial charge in [0.15, 0.2) is 0 Å². The number of carbonyl (C=O) groups excluding carboxylic acids is 2. The van der Waals surface area contributed by atoms with E-state index < -0.39 is 5.92 Å². The summed E-state index contributed by atoms with van der Waals surface area (Å²) in [5.74, 6) is -0.655. The minimum Gasteiger partial charge on any atom is -0.338 e. The third-order valence-electron chi connectivity index (χ3n) is 4.68. The maximum atomic E-state index is 12.8. The highest BCUT2D eigenvalue weighted by molar-refractivity contribution is 6.31. The van der Waals surface area contributed by atoms with Gasteiger partial charge >= 0.3 is 0 Å². The Balaban J connectivity index is 1.48. The van der Waals surface area contributed by atoms with Gasteiger partial charge in [-0.2, -0.15) is 5.10 Å². The fraction of sp³-hybridized carbons (Fsp3) is 0.200. The summed E-state index contributed by atoms with van der Waals surface area (Å²) in [7, 11) is 0. The molecule has 0 spiro atoms. The van der Waals surface area contributed by atoms with E-state index in [1.807, 2.05) is 30.3 Å². The number of benzene rings is 2. The van der Waals surface area contributed by atoms with E-state index in [9.17, 15) is 9.59 Å². The summed E-state index contributed by atoms with van der Waals surface area (Å²) in [6.07, 6.45) is 3.15. The molecule has 142 valence electrons. The number of nitrogens with zero attached hydrogens (tertiary/aromatic N) is 4. The highest BCUT2D eigenvalue weighted by atomic mass is 35.5. The molecule has 0 bridgehead atoms. The van der Waals surface area contributed by atoms with Crippen LogP contribution in [0.5, 0.6) is 0 Å². The lowest BCUT2D eigenvalue weighted by atomic mass is 10.1. The summed E-state index contributed by atoms with van der Waals surface area (Å²) in [4.78, 5) is 30.8. The van der Waals surface area contributed by atoms with Crippen LogP contribution in [0.25, 0.3) is 5.69 Å². The fourth-order valence-electron chi connectivity index (χ4n) is 3.28. The first-order valence-electron chi connectivity index (χ1n) is 8.87. The normalized spacial score (nSPS) is 16.4. The van der Waals surface area contributed by atoms with Gasteiger partial charge in [-0.15, -0.1) is 0 Å². The number of hydrogen-bond donors (Lipinski definition) is 1. The Labute approximate surface area is 166 Å². The van der Waals surface area contributed by atoms with Crippen LogP contribution >= 0.6 is 11.6 Å². The largest absolute Gasteiger partial charge is 0.338 e. The number of halogens is 1. The Kier molecular flexibility index (Phi) is 5.08. The molecule has 0 radical (unpaired) electrons. The summed E-state index contributed by atoms with van der Waals surface area (Å²) in [6, 6.07) is 14.9. The first kappa shape index (κ1) is 18.2. The summed E-state index contributed by atoms with van der Waals surface area (Å²) in [5, 5.41) is 7.49. The van der Waals surface area contributed by atoms with E-state index in [4.69, 9.17) is 11.6 Å². The SMILES string of the molecule is O=C(Nc1cc(Cl)ccc1-n1cncn1)[C@@H]1CC(=O)N(Cc2ccccc2)C1. The van der Waals surface area contributed by atoms with Crippen LogP contribution in [0.1, 0.15) is 12.0 Å². The predicted octanol–water partition coefficient (Wildman–Crippen LogP) is 2.91. The van der Waals surface area contributed by atoms with Crippen molar-refractivity contribution in [2.75, 3.05) is 11.9 Å². The number of carbonyl (C=O) groups is 2. The highest BCUT2D eigenvalue weighted by Gasteiger charge is 2.34. The Morgan fingerprint density at radius 3 is 2.79 bits per heavy atom. The second-order valence-electron chi connectivity index (χ2n) is 6.65. The van der Waals surface area contributed by atoms with Crippen LogP contribution < -0.4 is 5.32 Å². The van der Waals surface area contributed by atoms with E-state index in [1.165, 1.54) is 6.33 Å². The lowest BCUT2D eigenvalue weighted by Crippen LogP contribution is -2.28. The fourth-order valence-corrected chi connectivity index (χ4v) is 3.45. The maximum Gasteiger partial charge on any atom is 0.229 e. The Hall–Kier alpha value is -3.19. The second-order valence-corrected chi connectivity index (χ2v) is 7.09. The molecule has 3 aromatic rings.